The molecule has 0 aliphatic rings. The number of halogens is 6. The molecule has 0 fully saturated rings. The number of primary sulfonamides is 1. The Labute approximate surface area is 95.2 Å². The van der Waals surface area contributed by atoms with Gasteiger partial charge in [-0.25, -0.2) is 18.5 Å². The van der Waals surface area contributed by atoms with Crippen molar-refractivity contribution in [1.82, 2.24) is 15.2 Å². The zero-order valence-corrected chi connectivity index (χ0v) is 8.86. The van der Waals surface area contributed by atoms with Crippen LogP contribution < -0.4 is 5.14 Å². The van der Waals surface area contributed by atoms with Crippen molar-refractivity contribution >= 4 is 10.0 Å². The second-order valence-corrected chi connectivity index (χ2v) is 4.52. The quantitative estimate of drug-likeness (QED) is 0.783. The van der Waals surface area contributed by atoms with Gasteiger partial charge in [0.25, 0.3) is 15.2 Å². The standard InChI is InChI=1S/C5H4F6N4O2S/c6-4(7,8)1(5(9,10)11)2-13-3(15-14-2)18(12,16)17/h1H,(H2,12,16,17)(H,13,14,15). The van der Waals surface area contributed by atoms with Gasteiger partial charge in [-0.15, -0.1) is 5.10 Å². The Bertz CT molecular complexity index is 517. The zero-order valence-electron chi connectivity index (χ0n) is 8.04. The second kappa shape index (κ2) is 4.08. The van der Waals surface area contributed by atoms with Gasteiger partial charge in [-0.05, 0) is 0 Å². The molecule has 0 amide bonds. The molecule has 0 bridgehead atoms. The van der Waals surface area contributed by atoms with E-state index in [2.05, 4.69) is 15.2 Å². The summed E-state index contributed by atoms with van der Waals surface area (Å²) < 4.78 is 94.6. The van der Waals surface area contributed by atoms with Gasteiger partial charge in [0.15, 0.2) is 0 Å². The van der Waals surface area contributed by atoms with Gasteiger partial charge in [0.2, 0.25) is 5.92 Å². The summed E-state index contributed by atoms with van der Waals surface area (Å²) in [5.41, 5.74) is 0. The van der Waals surface area contributed by atoms with E-state index < -0.39 is 39.3 Å². The molecule has 1 aromatic heterocycles. The summed E-state index contributed by atoms with van der Waals surface area (Å²) in [6.45, 7) is 0. The Morgan fingerprint density at radius 1 is 1.11 bits per heavy atom. The number of aromatic nitrogens is 3. The van der Waals surface area contributed by atoms with Crippen LogP contribution in [-0.2, 0) is 10.0 Å². The smallest absolute Gasteiger partial charge is 0.261 e. The van der Waals surface area contributed by atoms with E-state index in [1.54, 1.807) is 0 Å². The van der Waals surface area contributed by atoms with E-state index in [-0.39, 0.29) is 0 Å². The Hall–Kier alpha value is -1.37. The molecule has 0 unspecified atom stereocenters. The summed E-state index contributed by atoms with van der Waals surface area (Å²) in [7, 11) is -4.59. The number of alkyl halides is 6. The van der Waals surface area contributed by atoms with E-state index >= 15 is 0 Å². The first-order valence-corrected chi connectivity index (χ1v) is 5.46. The molecule has 0 radical (unpaired) electrons. The molecule has 1 heterocycles. The lowest BCUT2D eigenvalue weighted by atomic mass is 10.1. The molecule has 0 aliphatic carbocycles. The molecule has 0 spiro atoms. The van der Waals surface area contributed by atoms with Crippen LogP contribution >= 0.6 is 0 Å². The summed E-state index contributed by atoms with van der Waals surface area (Å²) >= 11 is 0. The molecule has 13 heteroatoms. The van der Waals surface area contributed by atoms with Crippen LogP contribution in [0, 0.1) is 0 Å². The average Bonchev–Trinajstić information content (AvgIpc) is 2.45. The summed E-state index contributed by atoms with van der Waals surface area (Å²) in [6.07, 6.45) is -11.4. The first-order chi connectivity index (χ1) is 7.83. The molecule has 3 N–H and O–H groups in total. The maximum Gasteiger partial charge on any atom is 0.407 e. The summed E-state index contributed by atoms with van der Waals surface area (Å²) in [5.74, 6) is -5.66. The van der Waals surface area contributed by atoms with Gasteiger partial charge in [-0.1, -0.05) is 0 Å². The normalized spacial score (nSPS) is 14.2. The number of nitrogens with two attached hydrogens (primary N) is 1. The molecule has 1 aromatic rings. The van der Waals surface area contributed by atoms with E-state index in [9.17, 15) is 34.8 Å². The molecular weight excluding hydrogens is 294 g/mol. The molecular formula is C5H4F6N4O2S. The minimum Gasteiger partial charge on any atom is -0.261 e. The molecule has 0 saturated heterocycles. The third-order valence-corrected chi connectivity index (χ3v) is 2.36. The zero-order chi connectivity index (χ0) is 14.4. The second-order valence-electron chi connectivity index (χ2n) is 3.06. The fourth-order valence-electron chi connectivity index (χ4n) is 1.01. The first-order valence-electron chi connectivity index (χ1n) is 3.92. The molecule has 104 valence electrons. The number of nitrogens with zero attached hydrogens (tertiary/aromatic N) is 2. The van der Waals surface area contributed by atoms with Gasteiger partial charge in [-0.2, -0.15) is 26.3 Å². The van der Waals surface area contributed by atoms with Crippen molar-refractivity contribution in [3.8, 4) is 0 Å². The van der Waals surface area contributed by atoms with Gasteiger partial charge < -0.3 is 0 Å². The van der Waals surface area contributed by atoms with Crippen LogP contribution in [0.2, 0.25) is 0 Å². The van der Waals surface area contributed by atoms with Crippen LogP contribution in [0.3, 0.4) is 0 Å². The Morgan fingerprint density at radius 3 is 1.83 bits per heavy atom. The molecule has 18 heavy (non-hydrogen) atoms. The van der Waals surface area contributed by atoms with Gasteiger partial charge in [-0.3, -0.25) is 5.10 Å². The average molecular weight is 298 g/mol. The topological polar surface area (TPSA) is 102 Å². The maximum absolute atomic E-state index is 12.2. The third kappa shape index (κ3) is 3.10. The Balaban J connectivity index is 3.29. The first kappa shape index (κ1) is 14.7. The largest absolute Gasteiger partial charge is 0.407 e. The van der Waals surface area contributed by atoms with Gasteiger partial charge in [0.1, 0.15) is 5.82 Å². The van der Waals surface area contributed by atoms with E-state index in [1.165, 1.54) is 5.10 Å². The van der Waals surface area contributed by atoms with E-state index in [4.69, 9.17) is 0 Å². The number of hydrogen-bond donors (Lipinski definition) is 2. The lowest BCUT2D eigenvalue weighted by Gasteiger charge is -2.20. The Morgan fingerprint density at radius 2 is 1.56 bits per heavy atom. The predicted octanol–water partition coefficient (Wildman–Crippen LogP) is 0.660. The molecule has 0 aliphatic heterocycles. The molecule has 0 aromatic carbocycles. The number of sulfonamides is 1. The van der Waals surface area contributed by atoms with Crippen molar-refractivity contribution in [3.05, 3.63) is 5.82 Å². The predicted molar refractivity (Wildman–Crippen MR) is 42.6 cm³/mol. The van der Waals surface area contributed by atoms with Crippen LogP contribution in [0.4, 0.5) is 26.3 Å². The van der Waals surface area contributed by atoms with E-state index in [0.29, 0.717) is 0 Å². The van der Waals surface area contributed by atoms with Crippen molar-refractivity contribution in [2.45, 2.75) is 23.4 Å². The van der Waals surface area contributed by atoms with E-state index in [0.717, 1.165) is 0 Å². The number of hydrogen-bond acceptors (Lipinski definition) is 4. The monoisotopic (exact) mass is 298 g/mol. The number of H-pyrrole nitrogens is 1. The number of aromatic amines is 1. The highest BCUT2D eigenvalue weighted by Gasteiger charge is 2.59. The van der Waals surface area contributed by atoms with Crippen LogP contribution in [0.1, 0.15) is 11.7 Å². The number of rotatable bonds is 2. The molecule has 0 saturated carbocycles. The lowest BCUT2D eigenvalue weighted by Crippen LogP contribution is -2.35. The molecule has 1 rings (SSSR count). The minimum absolute atomic E-state index is 1.27. The van der Waals surface area contributed by atoms with E-state index in [1.807, 2.05) is 0 Å². The number of nitrogens with one attached hydrogen (secondary N) is 1. The highest BCUT2D eigenvalue weighted by atomic mass is 32.2. The summed E-state index contributed by atoms with van der Waals surface area (Å²) in [5, 5.41) is 7.05. The summed E-state index contributed by atoms with van der Waals surface area (Å²) in [4.78, 5) is 2.60. The van der Waals surface area contributed by atoms with Gasteiger partial charge in [0, 0.05) is 0 Å². The van der Waals surface area contributed by atoms with Gasteiger partial charge >= 0.3 is 12.4 Å². The Kier molecular flexibility index (Phi) is 3.33. The van der Waals surface area contributed by atoms with Crippen molar-refractivity contribution in [3.63, 3.8) is 0 Å². The SMILES string of the molecule is NS(=O)(=O)c1n[nH]c(C(C(F)(F)F)C(F)(F)F)n1. The van der Waals surface area contributed by atoms with Crippen molar-refractivity contribution in [2.24, 2.45) is 5.14 Å². The molecule has 0 atom stereocenters. The fourth-order valence-corrected chi connectivity index (χ4v) is 1.41. The van der Waals surface area contributed by atoms with Crippen molar-refractivity contribution in [1.29, 1.82) is 0 Å². The highest BCUT2D eigenvalue weighted by Crippen LogP contribution is 2.44. The summed E-state index contributed by atoms with van der Waals surface area (Å²) in [6, 6.07) is 0. The fraction of sp³-hybridized carbons (Fsp3) is 0.600. The van der Waals surface area contributed by atoms with Crippen LogP contribution in [0.25, 0.3) is 0 Å². The van der Waals surface area contributed by atoms with Crippen molar-refractivity contribution in [2.75, 3.05) is 0 Å². The van der Waals surface area contributed by atoms with Crippen LogP contribution in [0.5, 0.6) is 0 Å². The van der Waals surface area contributed by atoms with Crippen molar-refractivity contribution < 1.29 is 34.8 Å². The van der Waals surface area contributed by atoms with Gasteiger partial charge in [0.05, 0.1) is 0 Å². The lowest BCUT2D eigenvalue weighted by molar-refractivity contribution is -0.255. The van der Waals surface area contributed by atoms with Crippen LogP contribution in [-0.4, -0.2) is 36.0 Å². The van der Waals surface area contributed by atoms with Crippen LogP contribution in [0.15, 0.2) is 5.16 Å². The molecule has 6 nitrogen and oxygen atoms in total. The minimum atomic E-state index is -5.70. The highest BCUT2D eigenvalue weighted by molar-refractivity contribution is 7.89. The third-order valence-electron chi connectivity index (χ3n) is 1.66. The maximum atomic E-state index is 12.2.